The minimum Gasteiger partial charge on any atom is -0.488 e. The fourth-order valence-electron chi connectivity index (χ4n) is 3.26. The van der Waals surface area contributed by atoms with Crippen LogP contribution in [-0.2, 0) is 13.2 Å². The zero-order chi connectivity index (χ0) is 21.3. The largest absolute Gasteiger partial charge is 0.488 e. The van der Waals surface area contributed by atoms with Gasteiger partial charge in [-0.3, -0.25) is 0 Å². The number of aromatic nitrogens is 1. The lowest BCUT2D eigenvalue weighted by Crippen LogP contribution is -2.04. The van der Waals surface area contributed by atoms with Crippen molar-refractivity contribution in [3.63, 3.8) is 0 Å². The predicted octanol–water partition coefficient (Wildman–Crippen LogP) is 5.90. The molecule has 0 saturated carbocycles. The molecular formula is C23H16ClF2NO3. The van der Waals surface area contributed by atoms with Crippen molar-refractivity contribution in [3.05, 3.63) is 100 Å². The Bertz CT molecular complexity index is 1250. The predicted molar refractivity (Wildman–Crippen MR) is 110 cm³/mol. The molecule has 0 aliphatic rings. The van der Waals surface area contributed by atoms with Crippen LogP contribution in [0.25, 0.3) is 10.9 Å². The summed E-state index contributed by atoms with van der Waals surface area (Å²) in [6.07, 6.45) is 1.81. The van der Waals surface area contributed by atoms with Gasteiger partial charge in [0.15, 0.2) is 0 Å². The van der Waals surface area contributed by atoms with Crippen LogP contribution in [0.2, 0.25) is 5.02 Å². The molecule has 0 unspecified atom stereocenters. The van der Waals surface area contributed by atoms with Crippen molar-refractivity contribution in [1.82, 2.24) is 4.57 Å². The van der Waals surface area contributed by atoms with Crippen molar-refractivity contribution >= 4 is 28.5 Å². The molecule has 7 heteroatoms. The first kappa shape index (κ1) is 19.9. The summed E-state index contributed by atoms with van der Waals surface area (Å²) in [6, 6.07) is 14.9. The highest BCUT2D eigenvalue weighted by atomic mass is 35.5. The van der Waals surface area contributed by atoms with Gasteiger partial charge in [-0.15, -0.1) is 0 Å². The topological polar surface area (TPSA) is 51.5 Å². The molecule has 4 rings (SSSR count). The average Bonchev–Trinajstić information content (AvgIpc) is 3.10. The number of hydrogen-bond acceptors (Lipinski definition) is 2. The SMILES string of the molecule is O=C(O)c1ccc2c(ccn2Cc2cc(F)ccc2OCc2ccc(F)cc2Cl)c1. The molecule has 0 aliphatic heterocycles. The monoisotopic (exact) mass is 427 g/mol. The van der Waals surface area contributed by atoms with Crippen LogP contribution in [0.15, 0.2) is 66.9 Å². The molecule has 0 radical (unpaired) electrons. The van der Waals surface area contributed by atoms with E-state index in [-0.39, 0.29) is 17.2 Å². The summed E-state index contributed by atoms with van der Waals surface area (Å²) in [4.78, 5) is 11.2. The van der Waals surface area contributed by atoms with Crippen molar-refractivity contribution in [3.8, 4) is 5.75 Å². The Labute approximate surface area is 175 Å². The molecule has 1 aromatic heterocycles. The maximum atomic E-state index is 13.9. The highest BCUT2D eigenvalue weighted by Gasteiger charge is 2.12. The van der Waals surface area contributed by atoms with Crippen molar-refractivity contribution < 1.29 is 23.4 Å². The van der Waals surface area contributed by atoms with E-state index in [9.17, 15) is 13.6 Å². The van der Waals surface area contributed by atoms with Crippen LogP contribution < -0.4 is 4.74 Å². The second kappa shape index (κ2) is 8.16. The summed E-state index contributed by atoms with van der Waals surface area (Å²) >= 11 is 6.05. The lowest BCUT2D eigenvalue weighted by Gasteiger charge is -2.14. The van der Waals surface area contributed by atoms with Gasteiger partial charge in [-0.2, -0.15) is 0 Å². The molecule has 4 nitrogen and oxygen atoms in total. The highest BCUT2D eigenvalue weighted by Crippen LogP contribution is 2.26. The van der Waals surface area contributed by atoms with Crippen LogP contribution in [0.3, 0.4) is 0 Å². The van der Waals surface area contributed by atoms with E-state index in [4.69, 9.17) is 21.4 Å². The third-order valence-electron chi connectivity index (χ3n) is 4.78. The summed E-state index contributed by atoms with van der Waals surface area (Å²) in [6.45, 7) is 0.423. The highest BCUT2D eigenvalue weighted by molar-refractivity contribution is 6.31. The fourth-order valence-corrected chi connectivity index (χ4v) is 3.48. The Hall–Kier alpha value is -3.38. The fraction of sp³-hybridized carbons (Fsp3) is 0.0870. The third kappa shape index (κ3) is 4.14. The molecule has 0 atom stereocenters. The van der Waals surface area contributed by atoms with Crippen LogP contribution in [0.1, 0.15) is 21.5 Å². The lowest BCUT2D eigenvalue weighted by molar-refractivity contribution is 0.0697. The number of rotatable bonds is 6. The van der Waals surface area contributed by atoms with Gasteiger partial charge in [-0.1, -0.05) is 17.7 Å². The zero-order valence-electron chi connectivity index (χ0n) is 15.6. The molecule has 0 bridgehead atoms. The van der Waals surface area contributed by atoms with E-state index in [1.165, 1.54) is 36.4 Å². The number of benzene rings is 3. The second-order valence-corrected chi connectivity index (χ2v) is 7.21. The number of carboxylic acids is 1. The second-order valence-electron chi connectivity index (χ2n) is 6.80. The van der Waals surface area contributed by atoms with Crippen LogP contribution in [0.5, 0.6) is 5.75 Å². The number of hydrogen-bond donors (Lipinski definition) is 1. The van der Waals surface area contributed by atoms with Crippen LogP contribution in [0, 0.1) is 11.6 Å². The Morgan fingerprint density at radius 3 is 2.50 bits per heavy atom. The van der Waals surface area contributed by atoms with Gasteiger partial charge in [0.1, 0.15) is 24.0 Å². The molecule has 1 heterocycles. The molecule has 1 N–H and O–H groups in total. The first-order chi connectivity index (χ1) is 14.4. The smallest absolute Gasteiger partial charge is 0.335 e. The summed E-state index contributed by atoms with van der Waals surface area (Å²) in [5.74, 6) is -1.36. The Balaban J connectivity index is 1.61. The van der Waals surface area contributed by atoms with Crippen LogP contribution in [0.4, 0.5) is 8.78 Å². The first-order valence-corrected chi connectivity index (χ1v) is 9.46. The average molecular weight is 428 g/mol. The number of fused-ring (bicyclic) bond motifs is 1. The molecule has 0 aliphatic carbocycles. The van der Waals surface area contributed by atoms with Crippen molar-refractivity contribution in [2.24, 2.45) is 0 Å². The summed E-state index contributed by atoms with van der Waals surface area (Å²) < 4.78 is 34.9. The molecule has 30 heavy (non-hydrogen) atoms. The van der Waals surface area contributed by atoms with E-state index in [0.717, 1.165) is 10.9 Å². The van der Waals surface area contributed by atoms with E-state index in [1.54, 1.807) is 24.3 Å². The number of ether oxygens (including phenoxy) is 1. The zero-order valence-corrected chi connectivity index (χ0v) is 16.4. The van der Waals surface area contributed by atoms with Gasteiger partial charge in [0, 0.05) is 28.2 Å². The minimum atomic E-state index is -0.995. The van der Waals surface area contributed by atoms with E-state index in [0.29, 0.717) is 23.4 Å². The Kier molecular flexibility index (Phi) is 5.42. The van der Waals surface area contributed by atoms with E-state index >= 15 is 0 Å². The maximum absolute atomic E-state index is 13.9. The Morgan fingerprint density at radius 1 is 0.967 bits per heavy atom. The summed E-state index contributed by atoms with van der Waals surface area (Å²) in [7, 11) is 0. The van der Waals surface area contributed by atoms with E-state index in [1.807, 2.05) is 10.8 Å². The molecule has 4 aromatic rings. The quantitative estimate of drug-likeness (QED) is 0.417. The number of nitrogens with zero attached hydrogens (tertiary/aromatic N) is 1. The van der Waals surface area contributed by atoms with Gasteiger partial charge in [0.05, 0.1) is 17.1 Å². The van der Waals surface area contributed by atoms with E-state index in [2.05, 4.69) is 0 Å². The molecule has 152 valence electrons. The van der Waals surface area contributed by atoms with Gasteiger partial charge >= 0.3 is 5.97 Å². The van der Waals surface area contributed by atoms with Crippen molar-refractivity contribution in [2.45, 2.75) is 13.2 Å². The van der Waals surface area contributed by atoms with E-state index < -0.39 is 17.6 Å². The number of carbonyl (C=O) groups is 1. The van der Waals surface area contributed by atoms with Crippen molar-refractivity contribution in [1.29, 1.82) is 0 Å². The third-order valence-corrected chi connectivity index (χ3v) is 5.13. The molecule has 3 aromatic carbocycles. The van der Waals surface area contributed by atoms with Gasteiger partial charge in [0.25, 0.3) is 0 Å². The molecule has 0 fully saturated rings. The molecule has 0 amide bonds. The number of carboxylic acid groups (broad SMARTS) is 1. The number of aromatic carboxylic acids is 1. The minimum absolute atomic E-state index is 0.103. The Morgan fingerprint density at radius 2 is 1.73 bits per heavy atom. The maximum Gasteiger partial charge on any atom is 0.335 e. The van der Waals surface area contributed by atoms with Gasteiger partial charge in [-0.05, 0) is 54.6 Å². The molecular weight excluding hydrogens is 412 g/mol. The lowest BCUT2D eigenvalue weighted by atomic mass is 10.1. The normalized spacial score (nSPS) is 11.0. The summed E-state index contributed by atoms with van der Waals surface area (Å²) in [5, 5.41) is 10.2. The van der Waals surface area contributed by atoms with Crippen LogP contribution >= 0.6 is 11.6 Å². The summed E-state index contributed by atoms with van der Waals surface area (Å²) in [5.41, 5.74) is 2.23. The molecule has 0 saturated heterocycles. The first-order valence-electron chi connectivity index (χ1n) is 9.08. The van der Waals surface area contributed by atoms with Gasteiger partial charge in [-0.25, -0.2) is 13.6 Å². The molecule has 0 spiro atoms. The standard InChI is InChI=1S/C23H16ClF2NO3/c24-20-11-19(26)3-1-16(20)13-30-22-6-4-18(25)10-17(22)12-27-8-7-14-9-15(23(28)29)2-5-21(14)27/h1-11H,12-13H2,(H,28,29). The van der Waals surface area contributed by atoms with Crippen LogP contribution in [-0.4, -0.2) is 15.6 Å². The van der Waals surface area contributed by atoms with Gasteiger partial charge in [0.2, 0.25) is 0 Å². The van der Waals surface area contributed by atoms with Gasteiger partial charge < -0.3 is 14.4 Å². The number of halogens is 3. The van der Waals surface area contributed by atoms with Crippen molar-refractivity contribution in [2.75, 3.05) is 0 Å².